The lowest BCUT2D eigenvalue weighted by atomic mass is 9.63. The molecule has 9 heteroatoms. The summed E-state index contributed by atoms with van der Waals surface area (Å²) in [5.41, 5.74) is 8.05. The molecule has 2 aliphatic carbocycles. The highest BCUT2D eigenvalue weighted by Crippen LogP contribution is 2.48. The Kier molecular flexibility index (Phi) is 8.23. The molecule has 1 saturated heterocycles. The molecule has 3 atom stereocenters. The normalized spacial score (nSPS) is 23.4. The van der Waals surface area contributed by atoms with Crippen LogP contribution in [0.3, 0.4) is 0 Å². The van der Waals surface area contributed by atoms with Gasteiger partial charge in [-0.25, -0.2) is 0 Å². The van der Waals surface area contributed by atoms with Crippen LogP contribution >= 0.6 is 0 Å². The number of rotatable bonds is 9. The average molecular weight is 548 g/mol. The van der Waals surface area contributed by atoms with Crippen LogP contribution in [-0.2, 0) is 27.3 Å². The number of fused-ring (bicyclic) bond motifs is 2. The second kappa shape index (κ2) is 11.8. The van der Waals surface area contributed by atoms with Crippen molar-refractivity contribution in [2.75, 3.05) is 25.0 Å². The number of aromatic hydroxyl groups is 1. The van der Waals surface area contributed by atoms with Crippen LogP contribution in [0.15, 0.2) is 48.0 Å². The number of aliphatic hydroxyl groups is 2. The Hall–Kier alpha value is -3.69. The number of phenols is 1. The number of aliphatic hydroxyl groups excluding tert-OH is 2. The van der Waals surface area contributed by atoms with Gasteiger partial charge < -0.3 is 26.4 Å². The molecule has 0 radical (unpaired) electrons. The number of anilines is 1. The number of amides is 1. The maximum Gasteiger partial charge on any atom is 0.224 e. The zero-order valence-electron chi connectivity index (χ0n) is 22.5. The minimum atomic E-state index is -1.15. The molecule has 3 aliphatic rings. The molecule has 2 aromatic carbocycles. The number of carbonyl (C=O) groups excluding carboxylic acids is 3. The summed E-state index contributed by atoms with van der Waals surface area (Å²) < 4.78 is 0. The van der Waals surface area contributed by atoms with Gasteiger partial charge in [-0.05, 0) is 61.1 Å². The molecule has 5 rings (SSSR count). The Morgan fingerprint density at radius 2 is 1.77 bits per heavy atom. The first-order valence-electron chi connectivity index (χ1n) is 14.0. The van der Waals surface area contributed by atoms with Crippen molar-refractivity contribution < 1.29 is 29.7 Å². The summed E-state index contributed by atoms with van der Waals surface area (Å²) in [7, 11) is 0. The highest BCUT2D eigenvalue weighted by Gasteiger charge is 2.47. The molecule has 1 saturated carbocycles. The van der Waals surface area contributed by atoms with Gasteiger partial charge in [0, 0.05) is 37.9 Å². The number of Topliss-reactive ketones (excluding diaryl/α,β-unsaturated/α-hetero) is 2. The number of nitrogens with one attached hydrogen (secondary N) is 1. The SMILES string of the molecule is NC(=O)CC(=O)C1C(=O)C2=C(O)c3c(ccc(NC4CCN(Cc5ccccc5)CC4)c3O)CC2CC1CCO. The fraction of sp³-hybridized carbons (Fsp3) is 0.452. The van der Waals surface area contributed by atoms with Crippen LogP contribution in [0, 0.1) is 17.8 Å². The van der Waals surface area contributed by atoms with E-state index in [9.17, 15) is 29.7 Å². The number of ketones is 2. The number of phenolic OH excluding ortho intramolecular Hbond substituents is 1. The Labute approximate surface area is 233 Å². The molecule has 3 unspecified atom stereocenters. The van der Waals surface area contributed by atoms with E-state index in [1.54, 1.807) is 0 Å². The van der Waals surface area contributed by atoms with Gasteiger partial charge in [-0.15, -0.1) is 0 Å². The lowest BCUT2D eigenvalue weighted by Gasteiger charge is -2.39. The maximum absolute atomic E-state index is 13.6. The molecular weight excluding hydrogens is 510 g/mol. The van der Waals surface area contributed by atoms with Gasteiger partial charge in [-0.3, -0.25) is 19.3 Å². The molecule has 0 spiro atoms. The van der Waals surface area contributed by atoms with Gasteiger partial charge >= 0.3 is 0 Å². The Balaban J connectivity index is 1.34. The number of hydrogen-bond donors (Lipinski definition) is 5. The molecule has 6 N–H and O–H groups in total. The molecular formula is C31H37N3O6. The molecule has 2 fully saturated rings. The van der Waals surface area contributed by atoms with Crippen molar-refractivity contribution in [2.24, 2.45) is 23.5 Å². The number of carbonyl (C=O) groups is 3. The van der Waals surface area contributed by atoms with E-state index in [-0.39, 0.29) is 47.6 Å². The second-order valence-corrected chi connectivity index (χ2v) is 11.3. The van der Waals surface area contributed by atoms with E-state index in [1.807, 2.05) is 30.3 Å². The van der Waals surface area contributed by atoms with E-state index in [0.29, 0.717) is 18.5 Å². The van der Waals surface area contributed by atoms with Crippen molar-refractivity contribution in [3.05, 3.63) is 64.7 Å². The van der Waals surface area contributed by atoms with Gasteiger partial charge in [-0.1, -0.05) is 36.4 Å². The first-order valence-corrected chi connectivity index (χ1v) is 14.0. The van der Waals surface area contributed by atoms with Gasteiger partial charge in [0.1, 0.15) is 11.5 Å². The van der Waals surface area contributed by atoms with E-state index < -0.39 is 35.7 Å². The number of allylic oxidation sites excluding steroid dienone is 1. The van der Waals surface area contributed by atoms with E-state index in [4.69, 9.17) is 5.73 Å². The van der Waals surface area contributed by atoms with Crippen molar-refractivity contribution in [1.29, 1.82) is 0 Å². The molecule has 0 aromatic heterocycles. The first-order chi connectivity index (χ1) is 19.3. The van der Waals surface area contributed by atoms with Crippen LogP contribution in [0.5, 0.6) is 5.75 Å². The number of likely N-dealkylation sites (tertiary alicyclic amines) is 1. The third kappa shape index (κ3) is 5.62. The number of benzene rings is 2. The summed E-state index contributed by atoms with van der Waals surface area (Å²) in [6, 6.07) is 14.2. The van der Waals surface area contributed by atoms with E-state index in [1.165, 1.54) is 5.56 Å². The van der Waals surface area contributed by atoms with E-state index in [2.05, 4.69) is 22.3 Å². The minimum absolute atomic E-state index is 0.113. The summed E-state index contributed by atoms with van der Waals surface area (Å²) >= 11 is 0. The van der Waals surface area contributed by atoms with Crippen molar-refractivity contribution in [2.45, 2.75) is 51.1 Å². The van der Waals surface area contributed by atoms with E-state index in [0.717, 1.165) is 38.0 Å². The van der Waals surface area contributed by atoms with Gasteiger partial charge in [0.2, 0.25) is 5.91 Å². The third-order valence-corrected chi connectivity index (χ3v) is 8.63. The van der Waals surface area contributed by atoms with Gasteiger partial charge in [0.15, 0.2) is 11.6 Å². The van der Waals surface area contributed by atoms with Gasteiger partial charge in [0.25, 0.3) is 0 Å². The lowest BCUT2D eigenvalue weighted by Crippen LogP contribution is -2.43. The largest absolute Gasteiger partial charge is 0.507 e. The van der Waals surface area contributed by atoms with Crippen molar-refractivity contribution in [1.82, 2.24) is 4.90 Å². The summed E-state index contributed by atoms with van der Waals surface area (Å²) in [6.07, 6.45) is 2.28. The monoisotopic (exact) mass is 547 g/mol. The van der Waals surface area contributed by atoms with E-state index >= 15 is 0 Å². The zero-order chi connectivity index (χ0) is 28.4. The Morgan fingerprint density at radius 1 is 1.05 bits per heavy atom. The lowest BCUT2D eigenvalue weighted by molar-refractivity contribution is -0.137. The predicted octanol–water partition coefficient (Wildman–Crippen LogP) is 2.94. The number of nitrogens with two attached hydrogens (primary N) is 1. The molecule has 1 heterocycles. The molecule has 212 valence electrons. The smallest absolute Gasteiger partial charge is 0.224 e. The fourth-order valence-electron chi connectivity index (χ4n) is 6.72. The standard InChI is InChI=1S/C31H37N3O6/c32-25(37)16-24(36)26-20(10-13-35)15-21-14-19-6-7-23(29(38)27(19)31(40)28(21)30(26)39)33-22-8-11-34(12-9-22)17-18-4-2-1-3-5-18/h1-7,20-22,26,33,35,38,40H,8-17H2,(H2,32,37). The molecule has 1 amide bonds. The highest BCUT2D eigenvalue weighted by atomic mass is 16.3. The maximum atomic E-state index is 13.6. The number of nitrogens with zero attached hydrogens (tertiary/aromatic N) is 1. The van der Waals surface area contributed by atoms with Crippen LogP contribution in [-0.4, -0.2) is 63.4 Å². The Bertz CT molecular complexity index is 1320. The predicted molar refractivity (Wildman–Crippen MR) is 150 cm³/mol. The van der Waals surface area contributed by atoms with Gasteiger partial charge in [0.05, 0.1) is 23.6 Å². The van der Waals surface area contributed by atoms with Crippen LogP contribution in [0.4, 0.5) is 5.69 Å². The van der Waals surface area contributed by atoms with Crippen molar-refractivity contribution in [3.8, 4) is 5.75 Å². The molecule has 0 bridgehead atoms. The van der Waals surface area contributed by atoms with Crippen molar-refractivity contribution in [3.63, 3.8) is 0 Å². The second-order valence-electron chi connectivity index (χ2n) is 11.3. The fourth-order valence-corrected chi connectivity index (χ4v) is 6.72. The topological polar surface area (TPSA) is 153 Å². The quantitative estimate of drug-likeness (QED) is 0.237. The zero-order valence-corrected chi connectivity index (χ0v) is 22.5. The molecule has 2 aromatic rings. The first kappa shape index (κ1) is 27.9. The summed E-state index contributed by atoms with van der Waals surface area (Å²) in [5, 5.41) is 35.6. The number of hydrogen-bond acceptors (Lipinski definition) is 8. The summed E-state index contributed by atoms with van der Waals surface area (Å²) in [5.74, 6) is -4.34. The molecule has 9 nitrogen and oxygen atoms in total. The van der Waals surface area contributed by atoms with Crippen molar-refractivity contribution >= 4 is 28.9 Å². The molecule has 40 heavy (non-hydrogen) atoms. The molecule has 1 aliphatic heterocycles. The highest BCUT2D eigenvalue weighted by molar-refractivity contribution is 6.17. The summed E-state index contributed by atoms with van der Waals surface area (Å²) in [6.45, 7) is 2.53. The average Bonchev–Trinajstić information content (AvgIpc) is 2.91. The van der Waals surface area contributed by atoms with Crippen LogP contribution in [0.1, 0.15) is 48.8 Å². The summed E-state index contributed by atoms with van der Waals surface area (Å²) in [4.78, 5) is 40.2. The van der Waals surface area contributed by atoms with Crippen LogP contribution < -0.4 is 11.1 Å². The minimum Gasteiger partial charge on any atom is -0.507 e. The number of primary amides is 1. The van der Waals surface area contributed by atoms with Crippen LogP contribution in [0.25, 0.3) is 5.76 Å². The number of piperidine rings is 1. The van der Waals surface area contributed by atoms with Crippen LogP contribution in [0.2, 0.25) is 0 Å². The Morgan fingerprint density at radius 3 is 2.45 bits per heavy atom. The third-order valence-electron chi connectivity index (χ3n) is 8.63. The van der Waals surface area contributed by atoms with Gasteiger partial charge in [-0.2, -0.15) is 0 Å².